The lowest BCUT2D eigenvalue weighted by molar-refractivity contribution is 0.0212. The van der Waals surface area contributed by atoms with Gasteiger partial charge < -0.3 is 10.1 Å². The molecule has 0 aliphatic heterocycles. The number of nitrogens with one attached hydrogen (secondary N) is 2. The molecule has 0 atom stereocenters. The number of rotatable bonds is 5. The lowest BCUT2D eigenvalue weighted by Crippen LogP contribution is -2.38. The lowest BCUT2D eigenvalue weighted by atomic mass is 9.75. The molecule has 1 heterocycles. The van der Waals surface area contributed by atoms with Crippen LogP contribution in [0.25, 0.3) is 0 Å². The third-order valence-corrected chi connectivity index (χ3v) is 5.79. The second-order valence-corrected chi connectivity index (χ2v) is 8.52. The summed E-state index contributed by atoms with van der Waals surface area (Å²) in [7, 11) is 0. The van der Waals surface area contributed by atoms with Gasteiger partial charge in [-0.05, 0) is 62.6 Å². The van der Waals surface area contributed by atoms with Gasteiger partial charge >= 0.3 is 6.03 Å². The van der Waals surface area contributed by atoms with Crippen molar-refractivity contribution in [3.05, 3.63) is 53.7 Å². The summed E-state index contributed by atoms with van der Waals surface area (Å²) in [5.74, 6) is -1.45. The number of ether oxygens (including phenoxy) is 1. The summed E-state index contributed by atoms with van der Waals surface area (Å²) in [6.45, 7) is 6.58. The molecule has 1 aromatic heterocycles. The zero-order valence-corrected chi connectivity index (χ0v) is 17.9. The highest BCUT2D eigenvalue weighted by atomic mass is 19.1. The van der Waals surface area contributed by atoms with E-state index in [0.29, 0.717) is 17.5 Å². The molecular weight excluding hydrogens is 404 g/mol. The summed E-state index contributed by atoms with van der Waals surface area (Å²) in [6.07, 6.45) is 5.53. The fraction of sp³-hybridized carbons (Fsp3) is 0.435. The van der Waals surface area contributed by atoms with Gasteiger partial charge in [-0.1, -0.05) is 19.9 Å². The number of carbonyl (C=O) groups is 2. The molecule has 0 unspecified atom stereocenters. The van der Waals surface area contributed by atoms with E-state index in [1.54, 1.807) is 12.1 Å². The van der Waals surface area contributed by atoms with Gasteiger partial charge in [0.2, 0.25) is 5.88 Å². The molecule has 2 N–H and O–H groups in total. The van der Waals surface area contributed by atoms with Crippen LogP contribution in [0.3, 0.4) is 0 Å². The molecule has 0 spiro atoms. The molecule has 6 nitrogen and oxygen atoms in total. The molecule has 0 radical (unpaired) electrons. The number of urea groups is 1. The molecule has 0 bridgehead atoms. The zero-order valence-electron chi connectivity index (χ0n) is 17.9. The van der Waals surface area contributed by atoms with Crippen molar-refractivity contribution in [1.29, 1.82) is 0 Å². The van der Waals surface area contributed by atoms with Gasteiger partial charge in [0.15, 0.2) is 0 Å². The Hall–Kier alpha value is -3.03. The number of aromatic nitrogens is 1. The van der Waals surface area contributed by atoms with E-state index in [0.717, 1.165) is 49.8 Å². The second kappa shape index (κ2) is 9.41. The summed E-state index contributed by atoms with van der Waals surface area (Å²) < 4.78 is 33.4. The number of nitrogens with zero attached hydrogens (tertiary/aromatic N) is 1. The molecule has 1 fully saturated rings. The SMILES string of the molecule is CC(C)C1CCC(C)(Oc2ccc(NC(=O)NC(=O)c3c(F)cccc3F)cn2)CC1. The Labute approximate surface area is 180 Å². The Morgan fingerprint density at radius 2 is 1.77 bits per heavy atom. The lowest BCUT2D eigenvalue weighted by Gasteiger charge is -2.38. The van der Waals surface area contributed by atoms with Crippen molar-refractivity contribution in [2.45, 2.75) is 52.1 Å². The maximum absolute atomic E-state index is 13.7. The number of benzene rings is 1. The standard InChI is InChI=1S/C23H27F2N3O3/c1-14(2)15-9-11-23(3,12-10-15)31-19-8-7-16(13-26-19)27-22(30)28-21(29)20-17(24)5-4-6-18(20)25/h4-8,13-15H,9-12H2,1-3H3,(H2,27,28,29,30). The summed E-state index contributed by atoms with van der Waals surface area (Å²) in [6, 6.07) is 5.30. The highest BCUT2D eigenvalue weighted by Crippen LogP contribution is 2.38. The minimum Gasteiger partial charge on any atom is -0.471 e. The molecule has 3 rings (SSSR count). The molecule has 0 saturated heterocycles. The van der Waals surface area contributed by atoms with E-state index in [9.17, 15) is 18.4 Å². The number of anilines is 1. The highest BCUT2D eigenvalue weighted by molar-refractivity contribution is 6.08. The monoisotopic (exact) mass is 431 g/mol. The van der Waals surface area contributed by atoms with Gasteiger partial charge in [0.05, 0.1) is 11.9 Å². The van der Waals surface area contributed by atoms with E-state index < -0.39 is 29.1 Å². The first-order valence-corrected chi connectivity index (χ1v) is 10.4. The topological polar surface area (TPSA) is 80.3 Å². The minimum absolute atomic E-state index is 0.277. The molecule has 8 heteroatoms. The molecule has 1 aromatic carbocycles. The third kappa shape index (κ3) is 5.77. The van der Waals surface area contributed by atoms with Crippen LogP contribution in [0, 0.1) is 23.5 Å². The van der Waals surface area contributed by atoms with Crippen LogP contribution >= 0.6 is 0 Å². The number of imide groups is 1. The number of hydrogen-bond acceptors (Lipinski definition) is 4. The molecular formula is C23H27F2N3O3. The van der Waals surface area contributed by atoms with E-state index in [-0.39, 0.29) is 5.60 Å². The van der Waals surface area contributed by atoms with Gasteiger partial charge in [-0.15, -0.1) is 0 Å². The van der Waals surface area contributed by atoms with Crippen LogP contribution < -0.4 is 15.4 Å². The van der Waals surface area contributed by atoms with Crippen LogP contribution in [-0.2, 0) is 0 Å². The Balaban J connectivity index is 1.54. The number of amides is 3. The fourth-order valence-corrected chi connectivity index (χ4v) is 3.83. The minimum atomic E-state index is -1.18. The van der Waals surface area contributed by atoms with E-state index in [2.05, 4.69) is 31.1 Å². The Morgan fingerprint density at radius 3 is 2.32 bits per heavy atom. The number of pyridine rings is 1. The molecule has 31 heavy (non-hydrogen) atoms. The van der Waals surface area contributed by atoms with Gasteiger partial charge in [-0.25, -0.2) is 18.6 Å². The van der Waals surface area contributed by atoms with Crippen LogP contribution in [-0.4, -0.2) is 22.5 Å². The molecule has 3 amide bonds. The molecule has 1 aliphatic carbocycles. The number of hydrogen-bond donors (Lipinski definition) is 2. The fourth-order valence-electron chi connectivity index (χ4n) is 3.83. The van der Waals surface area contributed by atoms with Gasteiger partial charge in [0, 0.05) is 6.07 Å². The molecule has 166 valence electrons. The molecule has 2 aromatic rings. The first kappa shape index (κ1) is 22.7. The van der Waals surface area contributed by atoms with Crippen LogP contribution in [0.1, 0.15) is 56.8 Å². The summed E-state index contributed by atoms with van der Waals surface area (Å²) >= 11 is 0. The number of halogens is 2. The highest BCUT2D eigenvalue weighted by Gasteiger charge is 2.34. The van der Waals surface area contributed by atoms with Crippen LogP contribution in [0.2, 0.25) is 0 Å². The van der Waals surface area contributed by atoms with Crippen molar-refractivity contribution in [3.63, 3.8) is 0 Å². The average Bonchev–Trinajstić information content (AvgIpc) is 2.69. The predicted octanol–water partition coefficient (Wildman–Crippen LogP) is 5.31. The van der Waals surface area contributed by atoms with Crippen molar-refractivity contribution in [3.8, 4) is 5.88 Å². The predicted molar refractivity (Wildman–Crippen MR) is 113 cm³/mol. The average molecular weight is 431 g/mol. The van der Waals surface area contributed by atoms with E-state index in [1.807, 2.05) is 5.32 Å². The quantitative estimate of drug-likeness (QED) is 0.673. The zero-order chi connectivity index (χ0) is 22.6. The summed E-state index contributed by atoms with van der Waals surface area (Å²) in [5.41, 5.74) is -0.790. The largest absolute Gasteiger partial charge is 0.471 e. The van der Waals surface area contributed by atoms with Crippen molar-refractivity contribution < 1.29 is 23.1 Å². The first-order chi connectivity index (χ1) is 14.7. The first-order valence-electron chi connectivity index (χ1n) is 10.4. The van der Waals surface area contributed by atoms with Crippen molar-refractivity contribution >= 4 is 17.6 Å². The normalized spacial score (nSPS) is 20.9. The van der Waals surface area contributed by atoms with Crippen molar-refractivity contribution in [2.75, 3.05) is 5.32 Å². The van der Waals surface area contributed by atoms with Gasteiger partial charge in [0.1, 0.15) is 22.8 Å². The summed E-state index contributed by atoms with van der Waals surface area (Å²) in [5, 5.41) is 4.30. The Morgan fingerprint density at radius 1 is 1.13 bits per heavy atom. The van der Waals surface area contributed by atoms with Crippen LogP contribution in [0.5, 0.6) is 5.88 Å². The molecule has 1 saturated carbocycles. The van der Waals surface area contributed by atoms with Crippen molar-refractivity contribution in [1.82, 2.24) is 10.3 Å². The van der Waals surface area contributed by atoms with E-state index in [4.69, 9.17) is 4.74 Å². The second-order valence-electron chi connectivity index (χ2n) is 8.52. The summed E-state index contributed by atoms with van der Waals surface area (Å²) in [4.78, 5) is 28.2. The van der Waals surface area contributed by atoms with Gasteiger partial charge in [-0.2, -0.15) is 0 Å². The Kier molecular flexibility index (Phi) is 6.87. The van der Waals surface area contributed by atoms with E-state index >= 15 is 0 Å². The maximum atomic E-state index is 13.7. The smallest absolute Gasteiger partial charge is 0.326 e. The van der Waals surface area contributed by atoms with E-state index in [1.165, 1.54) is 6.20 Å². The third-order valence-electron chi connectivity index (χ3n) is 5.79. The van der Waals surface area contributed by atoms with Crippen LogP contribution in [0.15, 0.2) is 36.5 Å². The Bertz CT molecular complexity index is 919. The van der Waals surface area contributed by atoms with Crippen molar-refractivity contribution in [2.24, 2.45) is 11.8 Å². The maximum Gasteiger partial charge on any atom is 0.326 e. The van der Waals surface area contributed by atoms with Gasteiger partial charge in [0.25, 0.3) is 5.91 Å². The van der Waals surface area contributed by atoms with Crippen LogP contribution in [0.4, 0.5) is 19.3 Å². The van der Waals surface area contributed by atoms with Gasteiger partial charge in [-0.3, -0.25) is 10.1 Å². The number of carbonyl (C=O) groups excluding carboxylic acids is 2. The molecule has 1 aliphatic rings.